The summed E-state index contributed by atoms with van der Waals surface area (Å²) in [5.41, 5.74) is 0.638. The number of carbonyl (C=O) groups is 1. The number of amides is 1. The van der Waals surface area contributed by atoms with Gasteiger partial charge in [0.2, 0.25) is 5.95 Å². The number of aromatic nitrogens is 1. The molecule has 0 bridgehead atoms. The van der Waals surface area contributed by atoms with Crippen LogP contribution in [0.3, 0.4) is 0 Å². The molecule has 0 unspecified atom stereocenters. The summed E-state index contributed by atoms with van der Waals surface area (Å²) in [4.78, 5) is 15.5. The zero-order chi connectivity index (χ0) is 16.4. The zero-order valence-electron chi connectivity index (χ0n) is 11.8. The predicted octanol–water partition coefficient (Wildman–Crippen LogP) is 3.48. The number of hydrogen-bond donors (Lipinski definition) is 1. The summed E-state index contributed by atoms with van der Waals surface area (Å²) >= 11 is 11.9. The van der Waals surface area contributed by atoms with Crippen molar-refractivity contribution in [2.24, 2.45) is 5.10 Å². The molecule has 0 saturated carbocycles. The maximum absolute atomic E-state index is 13.5. The predicted molar refractivity (Wildman–Crippen MR) is 87.5 cm³/mol. The molecular weight excluding hydrogens is 342 g/mol. The first-order chi connectivity index (χ1) is 11.0. The number of benzene rings is 1. The molecule has 0 fully saturated rings. The summed E-state index contributed by atoms with van der Waals surface area (Å²) in [6.45, 7) is 0.573. The van der Waals surface area contributed by atoms with Gasteiger partial charge in [-0.1, -0.05) is 23.2 Å². The normalized spacial score (nSPS) is 13.9. The Morgan fingerprint density at radius 3 is 2.83 bits per heavy atom. The molecule has 2 aromatic rings. The van der Waals surface area contributed by atoms with Crippen molar-refractivity contribution in [3.63, 3.8) is 0 Å². The van der Waals surface area contributed by atoms with Gasteiger partial charge in [-0.15, -0.1) is 0 Å². The third-order valence-corrected chi connectivity index (χ3v) is 4.00. The van der Waals surface area contributed by atoms with Crippen LogP contribution >= 0.6 is 23.2 Å². The monoisotopic (exact) mass is 352 g/mol. The topological polar surface area (TPSA) is 57.6 Å². The maximum Gasteiger partial charge on any atom is 0.261 e. The first-order valence-corrected chi connectivity index (χ1v) is 7.52. The van der Waals surface area contributed by atoms with Gasteiger partial charge in [-0.25, -0.2) is 4.98 Å². The van der Waals surface area contributed by atoms with Gasteiger partial charge >= 0.3 is 0 Å². The highest BCUT2D eigenvalue weighted by atomic mass is 35.5. The Labute approximate surface area is 141 Å². The van der Waals surface area contributed by atoms with Crippen LogP contribution in [-0.4, -0.2) is 23.3 Å². The molecule has 0 saturated heterocycles. The highest BCUT2D eigenvalue weighted by Gasteiger charge is 2.20. The van der Waals surface area contributed by atoms with E-state index in [0.29, 0.717) is 28.8 Å². The van der Waals surface area contributed by atoms with Gasteiger partial charge < -0.3 is 5.32 Å². The summed E-state index contributed by atoms with van der Waals surface area (Å²) < 4.78 is 13.5. The van der Waals surface area contributed by atoms with Gasteiger partial charge in [0, 0.05) is 19.2 Å². The van der Waals surface area contributed by atoms with Gasteiger partial charge in [-0.2, -0.15) is 9.49 Å². The maximum atomic E-state index is 13.5. The van der Waals surface area contributed by atoms with Gasteiger partial charge in [-0.3, -0.25) is 9.80 Å². The molecule has 23 heavy (non-hydrogen) atoms. The number of nitrogens with one attached hydrogen (secondary N) is 1. The number of anilines is 1. The van der Waals surface area contributed by atoms with Crippen LogP contribution < -0.4 is 10.3 Å². The Kier molecular flexibility index (Phi) is 4.45. The molecule has 1 aliphatic rings. The van der Waals surface area contributed by atoms with Crippen LogP contribution in [0, 0.1) is 5.95 Å². The van der Waals surface area contributed by atoms with Crippen molar-refractivity contribution >= 4 is 40.6 Å². The van der Waals surface area contributed by atoms with Crippen molar-refractivity contribution in [1.82, 2.24) is 10.3 Å². The number of halogens is 3. The number of carbonyl (C=O) groups excluding carboxylic acids is 1. The molecule has 1 aromatic heterocycles. The molecule has 0 atom stereocenters. The van der Waals surface area contributed by atoms with E-state index in [0.717, 1.165) is 5.69 Å². The van der Waals surface area contributed by atoms with Crippen molar-refractivity contribution in [3.05, 3.63) is 58.1 Å². The van der Waals surface area contributed by atoms with E-state index in [1.165, 1.54) is 18.3 Å². The fourth-order valence-corrected chi connectivity index (χ4v) is 2.42. The second-order valence-electron chi connectivity index (χ2n) is 4.81. The smallest absolute Gasteiger partial charge is 0.261 e. The lowest BCUT2D eigenvalue weighted by Gasteiger charge is -2.13. The van der Waals surface area contributed by atoms with E-state index in [-0.39, 0.29) is 5.56 Å². The van der Waals surface area contributed by atoms with Crippen molar-refractivity contribution in [1.29, 1.82) is 0 Å². The lowest BCUT2D eigenvalue weighted by atomic mass is 10.2. The van der Waals surface area contributed by atoms with Crippen molar-refractivity contribution in [2.75, 3.05) is 11.6 Å². The minimum absolute atomic E-state index is 0.122. The summed E-state index contributed by atoms with van der Waals surface area (Å²) in [7, 11) is 0. The van der Waals surface area contributed by atoms with E-state index in [4.69, 9.17) is 23.2 Å². The molecule has 8 heteroatoms. The molecule has 1 aliphatic heterocycles. The molecular formula is C15H11Cl2FN4O. The van der Waals surface area contributed by atoms with Crippen molar-refractivity contribution in [3.8, 4) is 0 Å². The average molecular weight is 353 g/mol. The minimum Gasteiger partial charge on any atom is -0.308 e. The Hall–Kier alpha value is -2.18. The van der Waals surface area contributed by atoms with Crippen LogP contribution in [0.4, 0.5) is 10.1 Å². The van der Waals surface area contributed by atoms with Crippen LogP contribution in [0.5, 0.6) is 0 Å². The standard InChI is InChI=1S/C15H11Cl2FN4O/c16-11-4-3-9(8-12(11)17)22-7-5-13(21-22)20-15(23)10-2-1-6-19-14(10)18/h1-4,6,8H,5,7H2,(H,20,21,23). The van der Waals surface area contributed by atoms with Crippen molar-refractivity contribution in [2.45, 2.75) is 6.42 Å². The lowest BCUT2D eigenvalue weighted by molar-refractivity contribution is 0.0971. The first kappa shape index (κ1) is 15.7. The Morgan fingerprint density at radius 2 is 2.09 bits per heavy atom. The molecule has 1 amide bonds. The Balaban J connectivity index is 1.74. The van der Waals surface area contributed by atoms with Gasteiger partial charge in [0.25, 0.3) is 5.91 Å². The van der Waals surface area contributed by atoms with Crippen LogP contribution in [0.15, 0.2) is 41.6 Å². The molecule has 0 aliphatic carbocycles. The summed E-state index contributed by atoms with van der Waals surface area (Å²) in [6.07, 6.45) is 1.80. The summed E-state index contributed by atoms with van der Waals surface area (Å²) in [5, 5.41) is 9.46. The van der Waals surface area contributed by atoms with Gasteiger partial charge in [0.05, 0.1) is 21.3 Å². The largest absolute Gasteiger partial charge is 0.308 e. The fourth-order valence-electron chi connectivity index (χ4n) is 2.13. The molecule has 0 spiro atoms. The molecule has 1 aromatic carbocycles. The van der Waals surface area contributed by atoms with Crippen LogP contribution in [0.1, 0.15) is 16.8 Å². The van der Waals surface area contributed by atoms with Crippen molar-refractivity contribution < 1.29 is 9.18 Å². The lowest BCUT2D eigenvalue weighted by Crippen LogP contribution is -2.30. The number of pyridine rings is 1. The number of nitrogens with zero attached hydrogens (tertiary/aromatic N) is 3. The summed E-state index contributed by atoms with van der Waals surface area (Å²) in [5.74, 6) is -0.945. The third-order valence-electron chi connectivity index (χ3n) is 3.26. The van der Waals surface area contributed by atoms with E-state index >= 15 is 0 Å². The van der Waals surface area contributed by atoms with E-state index in [1.807, 2.05) is 0 Å². The Morgan fingerprint density at radius 1 is 1.26 bits per heavy atom. The number of hydrazone groups is 1. The highest BCUT2D eigenvalue weighted by Crippen LogP contribution is 2.28. The third kappa shape index (κ3) is 3.43. The molecule has 3 rings (SSSR count). The number of rotatable bonds is 2. The second-order valence-corrected chi connectivity index (χ2v) is 5.63. The molecule has 2 heterocycles. The van der Waals surface area contributed by atoms with E-state index < -0.39 is 11.9 Å². The highest BCUT2D eigenvalue weighted by molar-refractivity contribution is 6.42. The molecule has 5 nitrogen and oxygen atoms in total. The van der Waals surface area contributed by atoms with Crippen LogP contribution in [0.2, 0.25) is 10.0 Å². The fraction of sp³-hybridized carbons (Fsp3) is 0.133. The van der Waals surface area contributed by atoms with Crippen LogP contribution in [-0.2, 0) is 0 Å². The SMILES string of the molecule is O=C(NC1=NN(c2ccc(Cl)c(Cl)c2)CC1)c1cccnc1F. The molecule has 0 radical (unpaired) electrons. The Bertz CT molecular complexity index is 797. The van der Waals surface area contributed by atoms with E-state index in [1.54, 1.807) is 23.2 Å². The quantitative estimate of drug-likeness (QED) is 0.841. The van der Waals surface area contributed by atoms with Crippen LogP contribution in [0.25, 0.3) is 0 Å². The second kappa shape index (κ2) is 6.52. The molecule has 118 valence electrons. The van der Waals surface area contributed by atoms with Gasteiger partial charge in [-0.05, 0) is 30.3 Å². The first-order valence-electron chi connectivity index (χ1n) is 6.76. The molecule has 1 N–H and O–H groups in total. The van der Waals surface area contributed by atoms with E-state index in [2.05, 4.69) is 15.4 Å². The summed E-state index contributed by atoms with van der Waals surface area (Å²) in [6, 6.07) is 8.01. The number of amidine groups is 1. The zero-order valence-corrected chi connectivity index (χ0v) is 13.3. The van der Waals surface area contributed by atoms with Gasteiger partial charge in [0.15, 0.2) is 0 Å². The van der Waals surface area contributed by atoms with Gasteiger partial charge in [0.1, 0.15) is 5.84 Å². The minimum atomic E-state index is -0.815. The average Bonchev–Trinajstić information content (AvgIpc) is 2.99. The number of hydrogen-bond acceptors (Lipinski definition) is 4. The van der Waals surface area contributed by atoms with E-state index in [9.17, 15) is 9.18 Å².